The van der Waals surface area contributed by atoms with Crippen molar-refractivity contribution in [2.45, 2.75) is 13.3 Å². The maximum atomic E-state index is 11.7. The summed E-state index contributed by atoms with van der Waals surface area (Å²) in [6, 6.07) is 10.2. The molecule has 2 heterocycles. The standard InChI is InChI=1S/C16H18N2O2/c1-11-9-15(13-5-3-4-6-14(13)17-11)18-8-7-12(10-18)16(19)20-2/h3-6,9,12H,7-8,10H2,1-2H3. The number of aryl methyl sites for hydroxylation is 1. The largest absolute Gasteiger partial charge is 0.469 e. The molecule has 1 unspecified atom stereocenters. The predicted octanol–water partition coefficient (Wildman–Crippen LogP) is 2.54. The molecule has 0 N–H and O–H groups in total. The second-order valence-corrected chi connectivity index (χ2v) is 5.25. The minimum atomic E-state index is -0.109. The number of ether oxygens (including phenoxy) is 1. The van der Waals surface area contributed by atoms with Gasteiger partial charge in [0.1, 0.15) is 0 Å². The molecule has 1 aliphatic heterocycles. The van der Waals surface area contributed by atoms with Crippen LogP contribution in [-0.2, 0) is 9.53 Å². The van der Waals surface area contributed by atoms with Crippen LogP contribution < -0.4 is 4.90 Å². The Morgan fingerprint density at radius 1 is 1.40 bits per heavy atom. The summed E-state index contributed by atoms with van der Waals surface area (Å²) in [7, 11) is 1.46. The van der Waals surface area contributed by atoms with E-state index in [1.165, 1.54) is 12.8 Å². The van der Waals surface area contributed by atoms with E-state index in [0.717, 1.165) is 36.1 Å². The van der Waals surface area contributed by atoms with E-state index in [4.69, 9.17) is 4.74 Å². The number of anilines is 1. The fourth-order valence-corrected chi connectivity index (χ4v) is 2.89. The molecule has 20 heavy (non-hydrogen) atoms. The van der Waals surface area contributed by atoms with E-state index < -0.39 is 0 Å². The van der Waals surface area contributed by atoms with Crippen LogP contribution in [0.5, 0.6) is 0 Å². The molecule has 1 atom stereocenters. The van der Waals surface area contributed by atoms with Gasteiger partial charge in [-0.3, -0.25) is 9.78 Å². The number of methoxy groups -OCH3 is 1. The zero-order valence-corrected chi connectivity index (χ0v) is 11.8. The molecule has 3 rings (SSSR count). The van der Waals surface area contributed by atoms with Crippen LogP contribution in [0, 0.1) is 12.8 Å². The van der Waals surface area contributed by atoms with Crippen LogP contribution in [0.1, 0.15) is 12.1 Å². The molecule has 2 aromatic rings. The zero-order valence-electron chi connectivity index (χ0n) is 11.8. The summed E-state index contributed by atoms with van der Waals surface area (Å²) in [6.45, 7) is 3.61. The van der Waals surface area contributed by atoms with Crippen molar-refractivity contribution < 1.29 is 9.53 Å². The molecule has 4 nitrogen and oxygen atoms in total. The predicted molar refractivity (Wildman–Crippen MR) is 78.8 cm³/mol. The summed E-state index contributed by atoms with van der Waals surface area (Å²) in [5.74, 6) is -0.130. The van der Waals surface area contributed by atoms with Crippen LogP contribution >= 0.6 is 0 Å². The third kappa shape index (κ3) is 2.22. The first kappa shape index (κ1) is 12.9. The number of para-hydroxylation sites is 1. The lowest BCUT2D eigenvalue weighted by Crippen LogP contribution is -2.23. The normalized spacial score (nSPS) is 18.5. The number of rotatable bonds is 2. The van der Waals surface area contributed by atoms with Gasteiger partial charge in [-0.15, -0.1) is 0 Å². The second kappa shape index (κ2) is 5.12. The molecule has 0 aliphatic carbocycles. The molecular weight excluding hydrogens is 252 g/mol. The Morgan fingerprint density at radius 2 is 2.20 bits per heavy atom. The van der Waals surface area contributed by atoms with Crippen molar-refractivity contribution in [1.82, 2.24) is 4.98 Å². The van der Waals surface area contributed by atoms with Gasteiger partial charge in [-0.05, 0) is 25.5 Å². The summed E-state index contributed by atoms with van der Waals surface area (Å²) in [6.07, 6.45) is 0.850. The highest BCUT2D eigenvalue weighted by molar-refractivity contribution is 5.92. The number of benzene rings is 1. The van der Waals surface area contributed by atoms with Crippen LogP contribution in [0.25, 0.3) is 10.9 Å². The maximum Gasteiger partial charge on any atom is 0.310 e. The van der Waals surface area contributed by atoms with Gasteiger partial charge in [-0.1, -0.05) is 18.2 Å². The first-order valence-corrected chi connectivity index (χ1v) is 6.88. The highest BCUT2D eigenvalue weighted by Crippen LogP contribution is 2.31. The van der Waals surface area contributed by atoms with Crippen LogP contribution in [0.15, 0.2) is 30.3 Å². The van der Waals surface area contributed by atoms with E-state index in [-0.39, 0.29) is 11.9 Å². The number of carbonyl (C=O) groups is 1. The van der Waals surface area contributed by atoms with E-state index in [0.29, 0.717) is 0 Å². The summed E-state index contributed by atoms with van der Waals surface area (Å²) in [5, 5.41) is 1.14. The molecule has 0 radical (unpaired) electrons. The van der Waals surface area contributed by atoms with Crippen molar-refractivity contribution >= 4 is 22.6 Å². The molecule has 0 spiro atoms. The van der Waals surface area contributed by atoms with Gasteiger partial charge in [0, 0.05) is 29.9 Å². The van der Waals surface area contributed by atoms with E-state index in [1.54, 1.807) is 0 Å². The van der Waals surface area contributed by atoms with Crippen molar-refractivity contribution in [1.29, 1.82) is 0 Å². The number of pyridine rings is 1. The summed E-state index contributed by atoms with van der Waals surface area (Å²) < 4.78 is 4.85. The monoisotopic (exact) mass is 270 g/mol. The van der Waals surface area contributed by atoms with Crippen molar-refractivity contribution in [2.24, 2.45) is 5.92 Å². The zero-order chi connectivity index (χ0) is 14.1. The van der Waals surface area contributed by atoms with Crippen molar-refractivity contribution in [3.05, 3.63) is 36.0 Å². The lowest BCUT2D eigenvalue weighted by Gasteiger charge is -2.20. The highest BCUT2D eigenvalue weighted by Gasteiger charge is 2.29. The molecule has 4 heteroatoms. The number of esters is 1. The van der Waals surface area contributed by atoms with E-state index >= 15 is 0 Å². The Morgan fingerprint density at radius 3 is 3.00 bits per heavy atom. The Balaban J connectivity index is 1.97. The Hall–Kier alpha value is -2.10. The SMILES string of the molecule is COC(=O)C1CCN(c2cc(C)nc3ccccc23)C1. The van der Waals surface area contributed by atoms with Crippen molar-refractivity contribution in [2.75, 3.05) is 25.1 Å². The van der Waals surface area contributed by atoms with Gasteiger partial charge in [0.25, 0.3) is 0 Å². The fourth-order valence-electron chi connectivity index (χ4n) is 2.89. The van der Waals surface area contributed by atoms with Gasteiger partial charge >= 0.3 is 5.97 Å². The minimum Gasteiger partial charge on any atom is -0.469 e. The topological polar surface area (TPSA) is 42.4 Å². The smallest absolute Gasteiger partial charge is 0.310 e. The van der Waals surface area contributed by atoms with Gasteiger partial charge in [0.15, 0.2) is 0 Å². The molecule has 1 aliphatic rings. The van der Waals surface area contributed by atoms with Crippen LogP contribution in [-0.4, -0.2) is 31.2 Å². The fraction of sp³-hybridized carbons (Fsp3) is 0.375. The number of hydrogen-bond acceptors (Lipinski definition) is 4. The molecule has 104 valence electrons. The van der Waals surface area contributed by atoms with Gasteiger partial charge in [-0.25, -0.2) is 0 Å². The Bertz CT molecular complexity index is 654. The number of carbonyl (C=O) groups excluding carboxylic acids is 1. The minimum absolute atomic E-state index is 0.0211. The van der Waals surface area contributed by atoms with Crippen LogP contribution in [0.4, 0.5) is 5.69 Å². The number of aromatic nitrogens is 1. The summed E-state index contributed by atoms with van der Waals surface area (Å²) >= 11 is 0. The highest BCUT2D eigenvalue weighted by atomic mass is 16.5. The number of fused-ring (bicyclic) bond motifs is 1. The maximum absolute atomic E-state index is 11.7. The average Bonchev–Trinajstić information content (AvgIpc) is 2.95. The first-order chi connectivity index (χ1) is 9.69. The van der Waals surface area contributed by atoms with Gasteiger partial charge < -0.3 is 9.64 Å². The lowest BCUT2D eigenvalue weighted by atomic mass is 10.1. The third-order valence-electron chi connectivity index (χ3n) is 3.89. The van der Waals surface area contributed by atoms with E-state index in [2.05, 4.69) is 22.0 Å². The Labute approximate surface area is 118 Å². The van der Waals surface area contributed by atoms with E-state index in [9.17, 15) is 4.79 Å². The molecule has 1 aromatic heterocycles. The molecule has 0 bridgehead atoms. The van der Waals surface area contributed by atoms with Gasteiger partial charge in [-0.2, -0.15) is 0 Å². The summed E-state index contributed by atoms with van der Waals surface area (Å²) in [5.41, 5.74) is 3.17. The second-order valence-electron chi connectivity index (χ2n) is 5.25. The first-order valence-electron chi connectivity index (χ1n) is 6.88. The van der Waals surface area contributed by atoms with Crippen molar-refractivity contribution in [3.63, 3.8) is 0 Å². The lowest BCUT2D eigenvalue weighted by molar-refractivity contribution is -0.144. The van der Waals surface area contributed by atoms with Crippen molar-refractivity contribution in [3.8, 4) is 0 Å². The Kier molecular flexibility index (Phi) is 3.30. The molecule has 1 fully saturated rings. The summed E-state index contributed by atoms with van der Waals surface area (Å²) in [4.78, 5) is 18.5. The molecule has 1 aromatic carbocycles. The van der Waals surface area contributed by atoms with Crippen LogP contribution in [0.3, 0.4) is 0 Å². The third-order valence-corrected chi connectivity index (χ3v) is 3.89. The molecule has 0 amide bonds. The quantitative estimate of drug-likeness (QED) is 0.786. The molecule has 0 saturated carbocycles. The molecule has 1 saturated heterocycles. The van der Waals surface area contributed by atoms with Gasteiger partial charge in [0.05, 0.1) is 18.5 Å². The van der Waals surface area contributed by atoms with Crippen LogP contribution in [0.2, 0.25) is 0 Å². The number of hydrogen-bond donors (Lipinski definition) is 0. The van der Waals surface area contributed by atoms with E-state index in [1.807, 2.05) is 25.1 Å². The van der Waals surface area contributed by atoms with Gasteiger partial charge in [0.2, 0.25) is 0 Å². The average molecular weight is 270 g/mol. The number of nitrogens with zero attached hydrogens (tertiary/aromatic N) is 2. The molecular formula is C16H18N2O2.